The summed E-state index contributed by atoms with van der Waals surface area (Å²) in [5.41, 5.74) is 1.01. The Morgan fingerprint density at radius 1 is 1.35 bits per heavy atom. The van der Waals surface area contributed by atoms with Crippen LogP contribution in [0.3, 0.4) is 0 Å². The topological polar surface area (TPSA) is 12.0 Å². The molecule has 1 rings (SSSR count). The molecule has 3 heteroatoms. The maximum atomic E-state index is 13.7. The highest BCUT2D eigenvalue weighted by atomic mass is 19.1. The lowest BCUT2D eigenvalue weighted by Gasteiger charge is -2.17. The first kappa shape index (κ1) is 13.8. The molecule has 0 saturated carbocycles. The molecule has 0 spiro atoms. The molecule has 0 aliphatic rings. The predicted molar refractivity (Wildman–Crippen MR) is 66.9 cm³/mol. The molecule has 0 radical (unpaired) electrons. The molecular weight excluding hydrogens is 220 g/mol. The highest BCUT2D eigenvalue weighted by Gasteiger charge is 2.15. The van der Waals surface area contributed by atoms with Crippen molar-refractivity contribution < 1.29 is 8.78 Å². The summed E-state index contributed by atoms with van der Waals surface area (Å²) >= 11 is 0. The first-order chi connectivity index (χ1) is 8.10. The van der Waals surface area contributed by atoms with E-state index in [1.54, 1.807) is 20.0 Å². The van der Waals surface area contributed by atoms with E-state index in [9.17, 15) is 8.78 Å². The summed E-state index contributed by atoms with van der Waals surface area (Å²) in [7, 11) is 1.79. The van der Waals surface area contributed by atoms with Crippen molar-refractivity contribution in [2.75, 3.05) is 7.05 Å². The first-order valence-corrected chi connectivity index (χ1v) is 5.83. The maximum Gasteiger partial charge on any atom is 0.130 e. The van der Waals surface area contributed by atoms with Gasteiger partial charge < -0.3 is 5.32 Å². The number of allylic oxidation sites excluding steroid dienone is 1. The third-order valence-corrected chi connectivity index (χ3v) is 2.90. The van der Waals surface area contributed by atoms with E-state index in [1.807, 2.05) is 6.08 Å². The molecule has 0 aliphatic carbocycles. The zero-order valence-corrected chi connectivity index (χ0v) is 10.4. The molecule has 17 heavy (non-hydrogen) atoms. The Balaban J connectivity index is 2.87. The van der Waals surface area contributed by atoms with Gasteiger partial charge in [0, 0.05) is 17.7 Å². The molecule has 1 unspecified atom stereocenters. The minimum Gasteiger partial charge on any atom is -0.313 e. The molecule has 1 atom stereocenters. The van der Waals surface area contributed by atoms with Gasteiger partial charge in [0.05, 0.1) is 0 Å². The molecule has 0 aromatic heterocycles. The SMILES string of the molecule is C=CCCCC(NC)c1cc(C)c(F)cc1F. The number of aryl methyl sites for hydroxylation is 1. The molecule has 0 aliphatic heterocycles. The minimum atomic E-state index is -0.493. The van der Waals surface area contributed by atoms with Crippen molar-refractivity contribution in [3.05, 3.63) is 47.5 Å². The van der Waals surface area contributed by atoms with Crippen LogP contribution in [0.15, 0.2) is 24.8 Å². The monoisotopic (exact) mass is 239 g/mol. The van der Waals surface area contributed by atoms with E-state index < -0.39 is 11.6 Å². The molecule has 1 aromatic rings. The molecule has 1 aromatic carbocycles. The average molecular weight is 239 g/mol. The van der Waals surface area contributed by atoms with Gasteiger partial charge in [0.2, 0.25) is 0 Å². The lowest BCUT2D eigenvalue weighted by molar-refractivity contribution is 0.489. The van der Waals surface area contributed by atoms with E-state index in [2.05, 4.69) is 11.9 Å². The second-order valence-electron chi connectivity index (χ2n) is 4.18. The first-order valence-electron chi connectivity index (χ1n) is 5.83. The summed E-state index contributed by atoms with van der Waals surface area (Å²) in [6, 6.07) is 2.47. The van der Waals surface area contributed by atoms with Crippen molar-refractivity contribution in [3.63, 3.8) is 0 Å². The molecule has 0 fully saturated rings. The van der Waals surface area contributed by atoms with Crippen molar-refractivity contribution >= 4 is 0 Å². The Kier molecular flexibility index (Phi) is 5.29. The molecule has 1 nitrogen and oxygen atoms in total. The minimum absolute atomic E-state index is 0.0748. The summed E-state index contributed by atoms with van der Waals surface area (Å²) in [6.45, 7) is 5.30. The van der Waals surface area contributed by atoms with Crippen LogP contribution in [0.4, 0.5) is 8.78 Å². The lowest BCUT2D eigenvalue weighted by atomic mass is 9.98. The third-order valence-electron chi connectivity index (χ3n) is 2.90. The molecule has 1 N–H and O–H groups in total. The summed E-state index contributed by atoms with van der Waals surface area (Å²) in [4.78, 5) is 0. The van der Waals surface area contributed by atoms with Crippen LogP contribution in [0, 0.1) is 18.6 Å². The van der Waals surface area contributed by atoms with Gasteiger partial charge in [-0.25, -0.2) is 8.78 Å². The van der Waals surface area contributed by atoms with Gasteiger partial charge in [-0.3, -0.25) is 0 Å². The second kappa shape index (κ2) is 6.50. The van der Waals surface area contributed by atoms with Crippen LogP contribution >= 0.6 is 0 Å². The number of unbranched alkanes of at least 4 members (excludes halogenated alkanes) is 1. The number of rotatable bonds is 6. The fourth-order valence-corrected chi connectivity index (χ4v) is 1.87. The van der Waals surface area contributed by atoms with E-state index >= 15 is 0 Å². The smallest absolute Gasteiger partial charge is 0.130 e. The molecule has 0 amide bonds. The summed E-state index contributed by atoms with van der Waals surface area (Å²) in [5.74, 6) is -0.974. The normalized spacial score (nSPS) is 12.5. The largest absolute Gasteiger partial charge is 0.313 e. The highest BCUT2D eigenvalue weighted by Crippen LogP contribution is 2.24. The molecular formula is C14H19F2N. The number of halogens is 2. The Bertz CT molecular complexity index is 388. The van der Waals surface area contributed by atoms with Gasteiger partial charge in [-0.2, -0.15) is 0 Å². The van der Waals surface area contributed by atoms with Crippen molar-refractivity contribution in [3.8, 4) is 0 Å². The highest BCUT2D eigenvalue weighted by molar-refractivity contribution is 5.28. The van der Waals surface area contributed by atoms with Crippen LogP contribution < -0.4 is 5.32 Å². The van der Waals surface area contributed by atoms with Crippen LogP contribution in [-0.4, -0.2) is 7.05 Å². The number of hydrogen-bond donors (Lipinski definition) is 1. The van der Waals surface area contributed by atoms with E-state index in [4.69, 9.17) is 0 Å². The summed E-state index contributed by atoms with van der Waals surface area (Å²) < 4.78 is 26.8. The van der Waals surface area contributed by atoms with E-state index in [0.29, 0.717) is 11.1 Å². The van der Waals surface area contributed by atoms with Gasteiger partial charge in [0.15, 0.2) is 0 Å². The second-order valence-corrected chi connectivity index (χ2v) is 4.18. The number of nitrogens with one attached hydrogen (secondary N) is 1. The van der Waals surface area contributed by atoms with E-state index in [1.165, 1.54) is 0 Å². The van der Waals surface area contributed by atoms with Gasteiger partial charge in [0.25, 0.3) is 0 Å². The van der Waals surface area contributed by atoms with Gasteiger partial charge in [-0.1, -0.05) is 6.08 Å². The fraction of sp³-hybridized carbons (Fsp3) is 0.429. The van der Waals surface area contributed by atoms with Crippen LogP contribution in [0.5, 0.6) is 0 Å². The van der Waals surface area contributed by atoms with E-state index in [-0.39, 0.29) is 6.04 Å². The zero-order valence-electron chi connectivity index (χ0n) is 10.4. The van der Waals surface area contributed by atoms with Crippen molar-refractivity contribution in [2.24, 2.45) is 0 Å². The maximum absolute atomic E-state index is 13.7. The van der Waals surface area contributed by atoms with Crippen LogP contribution in [-0.2, 0) is 0 Å². The Morgan fingerprint density at radius 3 is 2.65 bits per heavy atom. The summed E-state index contributed by atoms with van der Waals surface area (Å²) in [6.07, 6.45) is 4.49. The van der Waals surface area contributed by atoms with Crippen LogP contribution in [0.25, 0.3) is 0 Å². The van der Waals surface area contributed by atoms with Crippen LogP contribution in [0.1, 0.15) is 36.4 Å². The van der Waals surface area contributed by atoms with E-state index in [0.717, 1.165) is 25.3 Å². The molecule has 0 heterocycles. The Hall–Kier alpha value is -1.22. The standard InChI is InChI=1S/C14H19F2N/c1-4-5-6-7-14(17-3)11-8-10(2)12(15)9-13(11)16/h4,8-9,14,17H,1,5-7H2,2-3H3. The number of benzene rings is 1. The van der Waals surface area contributed by atoms with Crippen molar-refractivity contribution in [1.29, 1.82) is 0 Å². The molecule has 0 saturated heterocycles. The quantitative estimate of drug-likeness (QED) is 0.586. The predicted octanol–water partition coefficient (Wildman–Crippen LogP) is 3.89. The lowest BCUT2D eigenvalue weighted by Crippen LogP contribution is -2.18. The summed E-state index contributed by atoms with van der Waals surface area (Å²) in [5, 5.41) is 3.07. The van der Waals surface area contributed by atoms with Gasteiger partial charge in [-0.05, 0) is 44.9 Å². The zero-order chi connectivity index (χ0) is 12.8. The molecule has 94 valence electrons. The van der Waals surface area contributed by atoms with Gasteiger partial charge in [-0.15, -0.1) is 6.58 Å². The Morgan fingerprint density at radius 2 is 2.06 bits per heavy atom. The van der Waals surface area contributed by atoms with Crippen molar-refractivity contribution in [1.82, 2.24) is 5.32 Å². The molecule has 0 bridgehead atoms. The van der Waals surface area contributed by atoms with Crippen molar-refractivity contribution in [2.45, 2.75) is 32.2 Å². The fourth-order valence-electron chi connectivity index (χ4n) is 1.87. The number of hydrogen-bond acceptors (Lipinski definition) is 1. The third kappa shape index (κ3) is 3.63. The van der Waals surface area contributed by atoms with Gasteiger partial charge in [0.1, 0.15) is 11.6 Å². The van der Waals surface area contributed by atoms with Gasteiger partial charge >= 0.3 is 0 Å². The average Bonchev–Trinajstić information content (AvgIpc) is 2.30. The van der Waals surface area contributed by atoms with Crippen LogP contribution in [0.2, 0.25) is 0 Å². The Labute approximate surface area is 102 Å².